The van der Waals surface area contributed by atoms with Crippen LogP contribution >= 0.6 is 11.3 Å². The van der Waals surface area contributed by atoms with Gasteiger partial charge in [0.1, 0.15) is 4.88 Å². The van der Waals surface area contributed by atoms with E-state index in [0.717, 1.165) is 12.0 Å². The zero-order valence-electron chi connectivity index (χ0n) is 10.1. The molecule has 0 fully saturated rings. The number of hydrogen-bond acceptors (Lipinski definition) is 4. The monoisotopic (exact) mass is 257 g/mol. The van der Waals surface area contributed by atoms with E-state index in [-0.39, 0.29) is 12.6 Å². The van der Waals surface area contributed by atoms with E-state index in [1.807, 2.05) is 6.07 Å². The largest absolute Gasteiger partial charge is 0.477 e. The summed E-state index contributed by atoms with van der Waals surface area (Å²) in [7, 11) is 0. The first-order valence-electron chi connectivity index (χ1n) is 5.68. The normalized spacial score (nSPS) is 12.9. The Morgan fingerprint density at radius 1 is 1.53 bits per heavy atom. The molecule has 96 valence electrons. The second kappa shape index (κ2) is 6.74. The number of thiophene rings is 1. The van der Waals surface area contributed by atoms with Gasteiger partial charge in [0.25, 0.3) is 0 Å². The zero-order valence-corrected chi connectivity index (χ0v) is 11.0. The smallest absolute Gasteiger partial charge is 0.346 e. The Kier molecular flexibility index (Phi) is 5.61. The minimum Gasteiger partial charge on any atom is -0.477 e. The molecular formula is C12H19NO3S. The molecule has 5 heteroatoms. The van der Waals surface area contributed by atoms with Crippen LogP contribution in [0.25, 0.3) is 0 Å². The van der Waals surface area contributed by atoms with Crippen LogP contribution in [0.2, 0.25) is 0 Å². The highest BCUT2D eigenvalue weighted by Crippen LogP contribution is 2.17. The zero-order chi connectivity index (χ0) is 12.8. The number of rotatable bonds is 7. The van der Waals surface area contributed by atoms with Gasteiger partial charge in [-0.1, -0.05) is 13.8 Å². The molecule has 1 heterocycles. The van der Waals surface area contributed by atoms with Crippen molar-refractivity contribution in [2.45, 2.75) is 32.9 Å². The Balaban J connectivity index is 2.53. The van der Waals surface area contributed by atoms with Crippen molar-refractivity contribution in [1.29, 1.82) is 0 Å². The van der Waals surface area contributed by atoms with E-state index < -0.39 is 5.97 Å². The molecule has 0 radical (unpaired) electrons. The van der Waals surface area contributed by atoms with Crippen LogP contribution in [0, 0.1) is 5.92 Å². The molecular weight excluding hydrogens is 238 g/mol. The molecule has 1 aromatic heterocycles. The third-order valence-corrected chi connectivity index (χ3v) is 3.44. The number of nitrogens with one attached hydrogen (secondary N) is 1. The van der Waals surface area contributed by atoms with E-state index in [0.29, 0.717) is 17.3 Å². The molecule has 0 spiro atoms. The number of carbonyl (C=O) groups is 1. The van der Waals surface area contributed by atoms with Crippen LogP contribution in [0.4, 0.5) is 0 Å². The Bertz CT molecular complexity index is 362. The molecule has 3 N–H and O–H groups in total. The molecule has 1 aromatic rings. The summed E-state index contributed by atoms with van der Waals surface area (Å²) in [6.45, 7) is 4.75. The van der Waals surface area contributed by atoms with Crippen molar-refractivity contribution in [2.24, 2.45) is 5.92 Å². The number of hydrogen-bond donors (Lipinski definition) is 3. The van der Waals surface area contributed by atoms with Crippen LogP contribution in [0.5, 0.6) is 0 Å². The summed E-state index contributed by atoms with van der Waals surface area (Å²) in [6.07, 6.45) is 0.878. The van der Waals surface area contributed by atoms with E-state index >= 15 is 0 Å². The number of aromatic carboxylic acids is 1. The summed E-state index contributed by atoms with van der Waals surface area (Å²) < 4.78 is 0. The quantitative estimate of drug-likeness (QED) is 0.698. The van der Waals surface area contributed by atoms with Gasteiger partial charge in [-0.05, 0) is 29.3 Å². The first kappa shape index (κ1) is 14.2. The van der Waals surface area contributed by atoms with Crippen molar-refractivity contribution in [3.05, 3.63) is 21.9 Å². The van der Waals surface area contributed by atoms with E-state index in [1.54, 1.807) is 5.38 Å². The number of carboxylic acids is 1. The molecule has 0 aliphatic rings. The molecule has 17 heavy (non-hydrogen) atoms. The third kappa shape index (κ3) is 4.46. The topological polar surface area (TPSA) is 69.6 Å². The molecule has 0 aliphatic heterocycles. The van der Waals surface area contributed by atoms with Crippen LogP contribution in [0.15, 0.2) is 11.4 Å². The fourth-order valence-corrected chi connectivity index (χ4v) is 2.47. The summed E-state index contributed by atoms with van der Waals surface area (Å²) >= 11 is 1.23. The Hall–Kier alpha value is -0.910. The molecule has 0 bridgehead atoms. The van der Waals surface area contributed by atoms with Crippen LogP contribution in [0.1, 0.15) is 35.5 Å². The van der Waals surface area contributed by atoms with E-state index in [4.69, 9.17) is 5.11 Å². The molecule has 0 amide bonds. The molecule has 4 nitrogen and oxygen atoms in total. The van der Waals surface area contributed by atoms with Crippen molar-refractivity contribution >= 4 is 17.3 Å². The van der Waals surface area contributed by atoms with Gasteiger partial charge in [-0.3, -0.25) is 0 Å². The summed E-state index contributed by atoms with van der Waals surface area (Å²) in [4.78, 5) is 11.3. The maximum absolute atomic E-state index is 10.9. The van der Waals surface area contributed by atoms with Crippen molar-refractivity contribution in [1.82, 2.24) is 5.32 Å². The molecule has 1 unspecified atom stereocenters. The lowest BCUT2D eigenvalue weighted by Crippen LogP contribution is -2.33. The second-order valence-electron chi connectivity index (χ2n) is 4.47. The second-order valence-corrected chi connectivity index (χ2v) is 5.39. The summed E-state index contributed by atoms with van der Waals surface area (Å²) in [6, 6.07) is 1.84. The van der Waals surface area contributed by atoms with Gasteiger partial charge < -0.3 is 15.5 Å². The lowest BCUT2D eigenvalue weighted by Gasteiger charge is -2.18. The molecule has 0 saturated heterocycles. The summed E-state index contributed by atoms with van der Waals surface area (Å²) in [5, 5.41) is 23.1. The van der Waals surface area contributed by atoms with Gasteiger partial charge in [0.05, 0.1) is 6.61 Å². The predicted molar refractivity (Wildman–Crippen MR) is 68.4 cm³/mol. The van der Waals surface area contributed by atoms with Crippen molar-refractivity contribution in [3.8, 4) is 0 Å². The molecule has 0 aromatic carbocycles. The standard InChI is InChI=1S/C12H19NO3S/c1-8(2)5-10(7-14)13-6-9-3-4-17-11(9)12(15)16/h3-4,8,10,13-14H,5-7H2,1-2H3,(H,15,16). The fraction of sp³-hybridized carbons (Fsp3) is 0.583. The maximum atomic E-state index is 10.9. The molecule has 1 rings (SSSR count). The molecule has 0 aliphatic carbocycles. The SMILES string of the molecule is CC(C)CC(CO)NCc1ccsc1C(=O)O. The van der Waals surface area contributed by atoms with Gasteiger partial charge in [0.2, 0.25) is 0 Å². The first-order valence-corrected chi connectivity index (χ1v) is 6.56. The number of carboxylic acid groups (broad SMARTS) is 1. The predicted octanol–water partition coefficient (Wildman–Crippen LogP) is 1.94. The minimum absolute atomic E-state index is 0.0246. The summed E-state index contributed by atoms with van der Waals surface area (Å²) in [5.41, 5.74) is 0.782. The molecule has 0 saturated carbocycles. The Labute approximate surface area is 105 Å². The lowest BCUT2D eigenvalue weighted by molar-refractivity contribution is 0.0701. The fourth-order valence-electron chi connectivity index (χ4n) is 1.71. The van der Waals surface area contributed by atoms with Gasteiger partial charge in [-0.2, -0.15) is 0 Å². The van der Waals surface area contributed by atoms with Gasteiger partial charge in [0.15, 0.2) is 0 Å². The summed E-state index contributed by atoms with van der Waals surface area (Å²) in [5.74, 6) is -0.387. The van der Waals surface area contributed by atoms with Crippen LogP contribution in [-0.4, -0.2) is 28.8 Å². The van der Waals surface area contributed by atoms with E-state index in [2.05, 4.69) is 19.2 Å². The van der Waals surface area contributed by atoms with Gasteiger partial charge in [0, 0.05) is 12.6 Å². The average molecular weight is 257 g/mol. The average Bonchev–Trinajstić information content (AvgIpc) is 2.71. The van der Waals surface area contributed by atoms with Gasteiger partial charge in [-0.25, -0.2) is 4.79 Å². The lowest BCUT2D eigenvalue weighted by atomic mass is 10.0. The highest BCUT2D eigenvalue weighted by Gasteiger charge is 2.14. The molecule has 1 atom stereocenters. The van der Waals surface area contributed by atoms with Crippen molar-refractivity contribution in [3.63, 3.8) is 0 Å². The third-order valence-electron chi connectivity index (χ3n) is 2.50. The highest BCUT2D eigenvalue weighted by molar-refractivity contribution is 7.12. The minimum atomic E-state index is -0.888. The van der Waals surface area contributed by atoms with Crippen LogP contribution in [0.3, 0.4) is 0 Å². The van der Waals surface area contributed by atoms with E-state index in [9.17, 15) is 9.90 Å². The highest BCUT2D eigenvalue weighted by atomic mass is 32.1. The number of aliphatic hydroxyl groups is 1. The van der Waals surface area contributed by atoms with Gasteiger partial charge >= 0.3 is 5.97 Å². The van der Waals surface area contributed by atoms with Crippen LogP contribution in [-0.2, 0) is 6.54 Å². The van der Waals surface area contributed by atoms with Crippen molar-refractivity contribution < 1.29 is 15.0 Å². The van der Waals surface area contributed by atoms with Gasteiger partial charge in [-0.15, -0.1) is 11.3 Å². The number of aliphatic hydroxyl groups excluding tert-OH is 1. The van der Waals surface area contributed by atoms with E-state index in [1.165, 1.54) is 11.3 Å². The Morgan fingerprint density at radius 2 is 2.24 bits per heavy atom. The first-order chi connectivity index (χ1) is 8.04. The van der Waals surface area contributed by atoms with Crippen molar-refractivity contribution in [2.75, 3.05) is 6.61 Å². The Morgan fingerprint density at radius 3 is 2.76 bits per heavy atom. The maximum Gasteiger partial charge on any atom is 0.346 e. The van der Waals surface area contributed by atoms with Crippen LogP contribution < -0.4 is 5.32 Å².